The van der Waals surface area contributed by atoms with Gasteiger partial charge in [-0.25, -0.2) is 23.7 Å². The Morgan fingerprint density at radius 3 is 2.60 bits per heavy atom. The van der Waals surface area contributed by atoms with Gasteiger partial charge >= 0.3 is 0 Å². The van der Waals surface area contributed by atoms with E-state index in [1.165, 1.54) is 13.0 Å². The van der Waals surface area contributed by atoms with Gasteiger partial charge in [-0.15, -0.1) is 0 Å². The molecule has 202 valence electrons. The Kier molecular flexibility index (Phi) is 8.24. The van der Waals surface area contributed by atoms with Crippen LogP contribution in [-0.2, 0) is 11.3 Å². The predicted octanol–water partition coefficient (Wildman–Crippen LogP) is 4.31. The average Bonchev–Trinajstić information content (AvgIpc) is 3.33. The number of pyridine rings is 1. The Hall–Kier alpha value is -5.44. The Balaban J connectivity index is 1.53. The zero-order chi connectivity index (χ0) is 28.8. The standard InChI is InChI=1S/C28H25F2N9O/c1-15(12-31)36-24(28(40)37-16(2)19-8-9-22(29)23(30)11-19)27(33-3)34-13-17-4-6-18(7-5-17)20-10-21-25(32)38-39-26(21)35-14-20/h4-11,14,16,34H,3,13H2,1-2H3,(H,37,40)(H3,32,35,38,39)/b27-24+,36-15?/t16-/m0/s1. The molecule has 0 aliphatic carbocycles. The Bertz CT molecular complexity index is 1680. The molecule has 40 heavy (non-hydrogen) atoms. The summed E-state index contributed by atoms with van der Waals surface area (Å²) in [6, 6.07) is 14.0. The summed E-state index contributed by atoms with van der Waals surface area (Å²) >= 11 is 0. The third-order valence-electron chi connectivity index (χ3n) is 6.02. The fourth-order valence-corrected chi connectivity index (χ4v) is 3.83. The first-order chi connectivity index (χ1) is 19.2. The van der Waals surface area contributed by atoms with Gasteiger partial charge in [-0.2, -0.15) is 10.4 Å². The first-order valence-electron chi connectivity index (χ1n) is 12.0. The minimum absolute atomic E-state index is 0.0155. The monoisotopic (exact) mass is 541 g/mol. The summed E-state index contributed by atoms with van der Waals surface area (Å²) in [7, 11) is 0. The number of aliphatic imine (C=N–C) groups is 2. The Morgan fingerprint density at radius 1 is 1.18 bits per heavy atom. The highest BCUT2D eigenvalue weighted by Gasteiger charge is 2.19. The number of hydrogen-bond donors (Lipinski definition) is 4. The van der Waals surface area contributed by atoms with Crippen molar-refractivity contribution in [1.29, 1.82) is 5.26 Å². The van der Waals surface area contributed by atoms with E-state index in [0.717, 1.165) is 34.2 Å². The number of amides is 1. The van der Waals surface area contributed by atoms with Crippen molar-refractivity contribution >= 4 is 35.2 Å². The second-order valence-corrected chi connectivity index (χ2v) is 8.82. The van der Waals surface area contributed by atoms with Crippen molar-refractivity contribution in [2.75, 3.05) is 5.73 Å². The van der Waals surface area contributed by atoms with E-state index in [-0.39, 0.29) is 23.8 Å². The van der Waals surface area contributed by atoms with Crippen molar-refractivity contribution in [3.05, 3.63) is 89.0 Å². The highest BCUT2D eigenvalue weighted by Crippen LogP contribution is 2.25. The molecule has 4 rings (SSSR count). The quantitative estimate of drug-likeness (QED) is 0.183. The molecular weight excluding hydrogens is 516 g/mol. The lowest BCUT2D eigenvalue weighted by Gasteiger charge is -2.16. The van der Waals surface area contributed by atoms with Gasteiger partial charge in [0.15, 0.2) is 28.8 Å². The van der Waals surface area contributed by atoms with Crippen molar-refractivity contribution in [1.82, 2.24) is 25.8 Å². The van der Waals surface area contributed by atoms with E-state index in [9.17, 15) is 18.8 Å². The van der Waals surface area contributed by atoms with Crippen LogP contribution in [0.25, 0.3) is 22.2 Å². The molecule has 1 amide bonds. The maximum absolute atomic E-state index is 13.7. The number of fused-ring (bicyclic) bond motifs is 1. The van der Waals surface area contributed by atoms with E-state index in [2.05, 4.69) is 42.5 Å². The molecule has 12 heteroatoms. The molecule has 0 fully saturated rings. The number of rotatable bonds is 9. The zero-order valence-corrected chi connectivity index (χ0v) is 21.7. The van der Waals surface area contributed by atoms with E-state index in [1.807, 2.05) is 36.4 Å². The average molecular weight is 542 g/mol. The molecule has 4 aromatic rings. The number of carbonyl (C=O) groups excluding carboxylic acids is 1. The number of aromatic amines is 1. The molecule has 10 nitrogen and oxygen atoms in total. The van der Waals surface area contributed by atoms with E-state index < -0.39 is 23.6 Å². The predicted molar refractivity (Wildman–Crippen MR) is 149 cm³/mol. The van der Waals surface area contributed by atoms with Crippen LogP contribution in [0.3, 0.4) is 0 Å². The van der Waals surface area contributed by atoms with Gasteiger partial charge in [0.2, 0.25) is 0 Å². The Labute approximate surface area is 228 Å². The minimum Gasteiger partial charge on any atom is -0.384 e. The lowest BCUT2D eigenvalue weighted by Crippen LogP contribution is -2.30. The van der Waals surface area contributed by atoms with Gasteiger partial charge in [-0.05, 0) is 55.5 Å². The molecule has 2 heterocycles. The summed E-state index contributed by atoms with van der Waals surface area (Å²) in [4.78, 5) is 25.5. The normalized spacial score (nSPS) is 12.8. The molecule has 0 radical (unpaired) electrons. The number of halogens is 2. The summed E-state index contributed by atoms with van der Waals surface area (Å²) in [5, 5.41) is 22.4. The molecule has 0 aliphatic heterocycles. The van der Waals surface area contributed by atoms with Gasteiger partial charge in [0, 0.05) is 18.3 Å². The third-order valence-corrected chi connectivity index (χ3v) is 6.02. The van der Waals surface area contributed by atoms with Crippen LogP contribution in [0.4, 0.5) is 14.6 Å². The van der Waals surface area contributed by atoms with Crippen LogP contribution in [0.1, 0.15) is 31.0 Å². The van der Waals surface area contributed by atoms with E-state index in [4.69, 9.17) is 5.73 Å². The molecule has 0 spiro atoms. The van der Waals surface area contributed by atoms with Crippen LogP contribution in [-0.4, -0.2) is 33.5 Å². The fourth-order valence-electron chi connectivity index (χ4n) is 3.83. The maximum atomic E-state index is 13.7. The van der Waals surface area contributed by atoms with Gasteiger partial charge in [-0.1, -0.05) is 30.3 Å². The number of H-pyrrole nitrogens is 1. The molecule has 0 saturated heterocycles. The lowest BCUT2D eigenvalue weighted by molar-refractivity contribution is -0.118. The number of carbonyl (C=O) groups is 1. The first-order valence-corrected chi connectivity index (χ1v) is 12.0. The van der Waals surface area contributed by atoms with E-state index in [1.54, 1.807) is 13.1 Å². The number of aromatic nitrogens is 3. The maximum Gasteiger partial charge on any atom is 0.274 e. The van der Waals surface area contributed by atoms with E-state index in [0.29, 0.717) is 17.0 Å². The second-order valence-electron chi connectivity index (χ2n) is 8.82. The number of anilines is 1. The van der Waals surface area contributed by atoms with Crippen molar-refractivity contribution in [3.8, 4) is 17.2 Å². The molecule has 5 N–H and O–H groups in total. The van der Waals surface area contributed by atoms with Crippen LogP contribution >= 0.6 is 0 Å². The molecule has 0 aliphatic rings. The fraction of sp³-hybridized carbons (Fsp3) is 0.143. The summed E-state index contributed by atoms with van der Waals surface area (Å²) in [6.07, 6.45) is 1.71. The van der Waals surface area contributed by atoms with Crippen molar-refractivity contribution < 1.29 is 13.6 Å². The van der Waals surface area contributed by atoms with Crippen molar-refractivity contribution in [3.63, 3.8) is 0 Å². The largest absolute Gasteiger partial charge is 0.384 e. The second kappa shape index (κ2) is 12.0. The number of nitriles is 1. The first kappa shape index (κ1) is 27.6. The number of benzene rings is 2. The lowest BCUT2D eigenvalue weighted by atomic mass is 10.0. The van der Waals surface area contributed by atoms with E-state index >= 15 is 0 Å². The van der Waals surface area contributed by atoms with Crippen molar-refractivity contribution in [2.24, 2.45) is 9.98 Å². The molecule has 0 bridgehead atoms. The number of nitrogens with one attached hydrogen (secondary N) is 3. The molecule has 0 unspecified atom stereocenters. The van der Waals surface area contributed by atoms with Crippen LogP contribution < -0.4 is 16.4 Å². The smallest absolute Gasteiger partial charge is 0.274 e. The summed E-state index contributed by atoms with van der Waals surface area (Å²) in [5.74, 6) is -2.23. The SMILES string of the molecule is C=N/C(NCc1ccc(-c2cnc3n[nH]c(N)c3c2)cc1)=C(\N=C(C)C#N)C(=O)N[C@@H](C)c1ccc(F)c(F)c1. The highest BCUT2D eigenvalue weighted by atomic mass is 19.2. The number of nitrogens with two attached hydrogens (primary N) is 1. The zero-order valence-electron chi connectivity index (χ0n) is 21.7. The molecule has 2 aromatic carbocycles. The van der Waals surface area contributed by atoms with Gasteiger partial charge in [0.05, 0.1) is 11.4 Å². The van der Waals surface area contributed by atoms with Gasteiger partial charge in [0.1, 0.15) is 17.6 Å². The molecule has 0 saturated carbocycles. The topological polar surface area (TPSA) is 157 Å². The number of hydrogen-bond acceptors (Lipinski definition) is 8. The van der Waals surface area contributed by atoms with Crippen LogP contribution in [0.5, 0.6) is 0 Å². The number of nitrogen functional groups attached to an aromatic ring is 1. The number of nitrogens with zero attached hydrogens (tertiary/aromatic N) is 5. The highest BCUT2D eigenvalue weighted by molar-refractivity contribution is 6.02. The van der Waals surface area contributed by atoms with Gasteiger partial charge < -0.3 is 16.4 Å². The Morgan fingerprint density at radius 2 is 1.93 bits per heavy atom. The van der Waals surface area contributed by atoms with Gasteiger partial charge in [-0.3, -0.25) is 9.89 Å². The summed E-state index contributed by atoms with van der Waals surface area (Å²) in [6.45, 7) is 6.84. The summed E-state index contributed by atoms with van der Waals surface area (Å²) < 4.78 is 27.0. The summed E-state index contributed by atoms with van der Waals surface area (Å²) in [5.41, 5.74) is 9.26. The molecule has 1 atom stereocenters. The minimum atomic E-state index is -1.03. The van der Waals surface area contributed by atoms with Gasteiger partial charge in [0.25, 0.3) is 5.91 Å². The molecular formula is C28H25F2N9O. The van der Waals surface area contributed by atoms with Crippen LogP contribution in [0.15, 0.2) is 76.2 Å². The molecule has 2 aromatic heterocycles. The van der Waals surface area contributed by atoms with Crippen LogP contribution in [0, 0.1) is 23.0 Å². The van der Waals surface area contributed by atoms with Crippen molar-refractivity contribution in [2.45, 2.75) is 26.4 Å². The third kappa shape index (κ3) is 6.16. The van der Waals surface area contributed by atoms with Crippen LogP contribution in [0.2, 0.25) is 0 Å².